The van der Waals surface area contributed by atoms with Crippen LogP contribution in [0.2, 0.25) is 5.02 Å². The highest BCUT2D eigenvalue weighted by atomic mass is 35.5. The van der Waals surface area contributed by atoms with E-state index < -0.39 is 0 Å². The van der Waals surface area contributed by atoms with E-state index in [-0.39, 0.29) is 12.5 Å². The molecule has 82 valence electrons. The highest BCUT2D eigenvalue weighted by Gasteiger charge is 2.05. The summed E-state index contributed by atoms with van der Waals surface area (Å²) >= 11 is 5.96. The summed E-state index contributed by atoms with van der Waals surface area (Å²) in [5.74, 6) is 0.0365. The zero-order valence-corrected chi connectivity index (χ0v) is 9.93. The lowest BCUT2D eigenvalue weighted by molar-refractivity contribution is -0.126. The number of nitrogens with zero attached hydrogens (tertiary/aromatic N) is 1. The van der Waals surface area contributed by atoms with Crippen LogP contribution in [0.1, 0.15) is 5.56 Å². The van der Waals surface area contributed by atoms with Crippen LogP contribution in [0.3, 0.4) is 0 Å². The van der Waals surface area contributed by atoms with Gasteiger partial charge in [0.1, 0.15) is 0 Å². The van der Waals surface area contributed by atoms with Gasteiger partial charge in [0.2, 0.25) is 5.91 Å². The average Bonchev–Trinajstić information content (AvgIpc) is 2.19. The van der Waals surface area contributed by atoms with Crippen LogP contribution in [0.5, 0.6) is 0 Å². The van der Waals surface area contributed by atoms with Crippen LogP contribution in [-0.2, 0) is 4.79 Å². The molecule has 0 aliphatic heterocycles. The molecule has 0 fully saturated rings. The molecule has 4 heteroatoms. The SMILES string of the molecule is Cc1c(Cl)cccc1NCC(=O)N(C)C. The number of hydrogen-bond acceptors (Lipinski definition) is 2. The molecule has 0 atom stereocenters. The Balaban J connectivity index is 2.66. The standard InChI is InChI=1S/C11H15ClN2O/c1-8-9(12)5-4-6-10(8)13-7-11(15)14(2)3/h4-6,13H,7H2,1-3H3. The minimum atomic E-state index is 0.0365. The smallest absolute Gasteiger partial charge is 0.241 e. The van der Waals surface area contributed by atoms with Crippen molar-refractivity contribution in [2.75, 3.05) is 26.0 Å². The van der Waals surface area contributed by atoms with Gasteiger partial charge in [-0.2, -0.15) is 0 Å². The van der Waals surface area contributed by atoms with Crippen LogP contribution >= 0.6 is 11.6 Å². The first-order chi connectivity index (χ1) is 7.02. The second-order valence-electron chi connectivity index (χ2n) is 3.55. The van der Waals surface area contributed by atoms with Crippen LogP contribution in [0.15, 0.2) is 18.2 Å². The second kappa shape index (κ2) is 5.03. The van der Waals surface area contributed by atoms with E-state index in [2.05, 4.69) is 5.32 Å². The number of halogens is 1. The van der Waals surface area contributed by atoms with Crippen LogP contribution < -0.4 is 5.32 Å². The molecular formula is C11H15ClN2O. The van der Waals surface area contributed by atoms with Crippen molar-refractivity contribution in [3.05, 3.63) is 28.8 Å². The van der Waals surface area contributed by atoms with Crippen LogP contribution in [0.4, 0.5) is 5.69 Å². The molecule has 0 heterocycles. The summed E-state index contributed by atoms with van der Waals surface area (Å²) in [5, 5.41) is 3.77. The molecule has 1 N–H and O–H groups in total. The predicted octanol–water partition coefficient (Wildman–Crippen LogP) is 2.15. The number of carbonyl (C=O) groups excluding carboxylic acids is 1. The topological polar surface area (TPSA) is 32.3 Å². The molecule has 0 unspecified atom stereocenters. The number of carbonyl (C=O) groups is 1. The van der Waals surface area contributed by atoms with E-state index in [4.69, 9.17) is 11.6 Å². The Kier molecular flexibility index (Phi) is 3.97. The highest BCUT2D eigenvalue weighted by Crippen LogP contribution is 2.22. The Hall–Kier alpha value is -1.22. The van der Waals surface area contributed by atoms with E-state index in [1.165, 1.54) is 0 Å². The number of nitrogens with one attached hydrogen (secondary N) is 1. The third kappa shape index (κ3) is 3.13. The van der Waals surface area contributed by atoms with Crippen LogP contribution in [0.25, 0.3) is 0 Å². The molecule has 3 nitrogen and oxygen atoms in total. The maximum absolute atomic E-state index is 11.3. The fourth-order valence-electron chi connectivity index (χ4n) is 1.13. The Bertz CT molecular complexity index is 364. The molecule has 15 heavy (non-hydrogen) atoms. The number of rotatable bonds is 3. The number of anilines is 1. The summed E-state index contributed by atoms with van der Waals surface area (Å²) in [6.07, 6.45) is 0. The van der Waals surface area contributed by atoms with Crippen molar-refractivity contribution in [3.63, 3.8) is 0 Å². The number of benzene rings is 1. The first kappa shape index (κ1) is 11.9. The zero-order valence-electron chi connectivity index (χ0n) is 9.17. The first-order valence-electron chi connectivity index (χ1n) is 4.71. The van der Waals surface area contributed by atoms with Crippen LogP contribution in [-0.4, -0.2) is 31.4 Å². The van der Waals surface area contributed by atoms with Gasteiger partial charge in [-0.1, -0.05) is 17.7 Å². The van der Waals surface area contributed by atoms with Crippen molar-refractivity contribution in [2.45, 2.75) is 6.92 Å². The van der Waals surface area contributed by atoms with Crippen molar-refractivity contribution < 1.29 is 4.79 Å². The van der Waals surface area contributed by atoms with Gasteiger partial charge in [-0.15, -0.1) is 0 Å². The zero-order chi connectivity index (χ0) is 11.4. The normalized spacial score (nSPS) is 9.87. The van der Waals surface area contributed by atoms with E-state index in [9.17, 15) is 4.79 Å². The average molecular weight is 227 g/mol. The van der Waals surface area contributed by atoms with Gasteiger partial charge in [0.05, 0.1) is 6.54 Å². The Morgan fingerprint density at radius 2 is 2.13 bits per heavy atom. The lowest BCUT2D eigenvalue weighted by Crippen LogP contribution is -2.28. The molecule has 1 aromatic rings. The molecule has 0 aliphatic rings. The van der Waals surface area contributed by atoms with Crippen molar-refractivity contribution in [2.24, 2.45) is 0 Å². The van der Waals surface area contributed by atoms with Crippen molar-refractivity contribution in [1.29, 1.82) is 0 Å². The fourth-order valence-corrected chi connectivity index (χ4v) is 1.30. The number of likely N-dealkylation sites (N-methyl/N-ethyl adjacent to an activating group) is 1. The highest BCUT2D eigenvalue weighted by molar-refractivity contribution is 6.31. The van der Waals surface area contributed by atoms with Gasteiger partial charge in [0.15, 0.2) is 0 Å². The summed E-state index contributed by atoms with van der Waals surface area (Å²) in [6, 6.07) is 5.60. The van der Waals surface area contributed by atoms with E-state index in [1.807, 2.05) is 25.1 Å². The quantitative estimate of drug-likeness (QED) is 0.857. The molecule has 1 rings (SSSR count). The number of amides is 1. The van der Waals surface area contributed by atoms with Gasteiger partial charge < -0.3 is 10.2 Å². The van der Waals surface area contributed by atoms with Crippen LogP contribution in [0, 0.1) is 6.92 Å². The van der Waals surface area contributed by atoms with Gasteiger partial charge in [0, 0.05) is 24.8 Å². The summed E-state index contributed by atoms with van der Waals surface area (Å²) < 4.78 is 0. The maximum Gasteiger partial charge on any atom is 0.241 e. The maximum atomic E-state index is 11.3. The second-order valence-corrected chi connectivity index (χ2v) is 3.96. The summed E-state index contributed by atoms with van der Waals surface area (Å²) in [5.41, 5.74) is 1.86. The molecule has 1 aromatic carbocycles. The lowest BCUT2D eigenvalue weighted by atomic mass is 10.2. The van der Waals surface area contributed by atoms with Crippen molar-refractivity contribution in [3.8, 4) is 0 Å². The third-order valence-electron chi connectivity index (χ3n) is 2.20. The Labute approximate surface area is 95.0 Å². The third-order valence-corrected chi connectivity index (χ3v) is 2.61. The molecule has 0 spiro atoms. The van der Waals surface area contributed by atoms with Gasteiger partial charge in [-0.05, 0) is 24.6 Å². The van der Waals surface area contributed by atoms with E-state index in [1.54, 1.807) is 19.0 Å². The van der Waals surface area contributed by atoms with Gasteiger partial charge in [-0.25, -0.2) is 0 Å². The van der Waals surface area contributed by atoms with Gasteiger partial charge in [0.25, 0.3) is 0 Å². The summed E-state index contributed by atoms with van der Waals surface area (Å²) in [4.78, 5) is 12.9. The molecule has 0 aromatic heterocycles. The molecular weight excluding hydrogens is 212 g/mol. The Morgan fingerprint density at radius 3 is 2.73 bits per heavy atom. The molecule has 0 bridgehead atoms. The van der Waals surface area contributed by atoms with E-state index in [0.717, 1.165) is 11.3 Å². The minimum Gasteiger partial charge on any atom is -0.376 e. The number of hydrogen-bond donors (Lipinski definition) is 1. The molecule has 0 radical (unpaired) electrons. The fraction of sp³-hybridized carbons (Fsp3) is 0.364. The summed E-state index contributed by atoms with van der Waals surface area (Å²) in [6.45, 7) is 2.21. The predicted molar refractivity (Wildman–Crippen MR) is 63.4 cm³/mol. The molecule has 0 aliphatic carbocycles. The molecule has 1 amide bonds. The summed E-state index contributed by atoms with van der Waals surface area (Å²) in [7, 11) is 3.46. The minimum absolute atomic E-state index is 0.0365. The Morgan fingerprint density at radius 1 is 1.47 bits per heavy atom. The molecule has 0 saturated carbocycles. The lowest BCUT2D eigenvalue weighted by Gasteiger charge is -2.13. The van der Waals surface area contributed by atoms with E-state index in [0.29, 0.717) is 5.02 Å². The molecule has 0 saturated heterocycles. The van der Waals surface area contributed by atoms with Gasteiger partial charge >= 0.3 is 0 Å². The largest absolute Gasteiger partial charge is 0.376 e. The van der Waals surface area contributed by atoms with Gasteiger partial charge in [-0.3, -0.25) is 4.79 Å². The first-order valence-corrected chi connectivity index (χ1v) is 5.09. The van der Waals surface area contributed by atoms with Crippen molar-refractivity contribution in [1.82, 2.24) is 4.90 Å². The monoisotopic (exact) mass is 226 g/mol. The van der Waals surface area contributed by atoms with Crippen molar-refractivity contribution >= 4 is 23.2 Å². The van der Waals surface area contributed by atoms with E-state index >= 15 is 0 Å².